The van der Waals surface area contributed by atoms with E-state index in [9.17, 15) is 9.59 Å². The molecule has 1 aromatic rings. The Bertz CT molecular complexity index is 485. The van der Waals surface area contributed by atoms with Gasteiger partial charge in [-0.25, -0.2) is 4.79 Å². The summed E-state index contributed by atoms with van der Waals surface area (Å²) in [6.45, 7) is 4.96. The van der Waals surface area contributed by atoms with Crippen LogP contribution in [0.1, 0.15) is 49.0 Å². The first kappa shape index (κ1) is 17.0. The quantitative estimate of drug-likeness (QED) is 0.686. The second kappa shape index (κ2) is 9.00. The summed E-state index contributed by atoms with van der Waals surface area (Å²) in [5, 5.41) is 11.9. The summed E-state index contributed by atoms with van der Waals surface area (Å²) in [7, 11) is 0. The first-order valence-corrected chi connectivity index (χ1v) is 7.34. The minimum Gasteiger partial charge on any atom is -0.493 e. The highest BCUT2D eigenvalue weighted by Crippen LogP contribution is 2.21. The lowest BCUT2D eigenvalue weighted by Crippen LogP contribution is -2.26. The highest BCUT2D eigenvalue weighted by molar-refractivity contribution is 5.91. The molecule has 0 atom stereocenters. The number of hydrogen-bond donors (Lipinski definition) is 2. The van der Waals surface area contributed by atoms with Crippen LogP contribution >= 0.6 is 0 Å². The molecule has 1 rings (SSSR count). The predicted octanol–water partition coefficient (Wildman–Crippen LogP) is 2.63. The number of carbonyl (C=O) groups excluding carboxylic acids is 1. The van der Waals surface area contributed by atoms with Gasteiger partial charge in [0.2, 0.25) is 5.91 Å². The van der Waals surface area contributed by atoms with Crippen LogP contribution in [-0.4, -0.2) is 30.1 Å². The molecule has 0 fully saturated rings. The lowest BCUT2D eigenvalue weighted by atomic mass is 10.1. The Morgan fingerprint density at radius 2 is 2.00 bits per heavy atom. The summed E-state index contributed by atoms with van der Waals surface area (Å²) in [4.78, 5) is 22.9. The van der Waals surface area contributed by atoms with Crippen LogP contribution in [0.2, 0.25) is 0 Å². The van der Waals surface area contributed by atoms with Crippen molar-refractivity contribution >= 4 is 11.9 Å². The summed E-state index contributed by atoms with van der Waals surface area (Å²) in [6.07, 6.45) is 3.42. The number of aromatic carboxylic acids is 1. The number of carboxylic acid groups (broad SMARTS) is 1. The van der Waals surface area contributed by atoms with Crippen LogP contribution in [0, 0.1) is 0 Å². The lowest BCUT2D eigenvalue weighted by Gasteiger charge is -2.10. The summed E-state index contributed by atoms with van der Waals surface area (Å²) in [5.41, 5.74) is 0.861. The van der Waals surface area contributed by atoms with Gasteiger partial charge < -0.3 is 15.2 Å². The molecule has 0 aliphatic carbocycles. The Kier molecular flexibility index (Phi) is 7.29. The van der Waals surface area contributed by atoms with Crippen LogP contribution in [0.4, 0.5) is 0 Å². The van der Waals surface area contributed by atoms with Crippen molar-refractivity contribution in [3.63, 3.8) is 0 Å². The summed E-state index contributed by atoms with van der Waals surface area (Å²) in [6, 6.07) is 4.75. The highest BCUT2D eigenvalue weighted by Gasteiger charge is 2.13. The van der Waals surface area contributed by atoms with Gasteiger partial charge in [0.05, 0.1) is 13.0 Å². The molecule has 0 saturated carbocycles. The zero-order valence-corrected chi connectivity index (χ0v) is 12.6. The molecule has 0 aliphatic rings. The van der Waals surface area contributed by atoms with Crippen molar-refractivity contribution < 1.29 is 19.4 Å². The Labute approximate surface area is 125 Å². The minimum atomic E-state index is -1.03. The largest absolute Gasteiger partial charge is 0.493 e. The number of carbonyl (C=O) groups is 2. The fourth-order valence-corrected chi connectivity index (χ4v) is 1.98. The Hall–Kier alpha value is -2.04. The summed E-state index contributed by atoms with van der Waals surface area (Å²) >= 11 is 0. The van der Waals surface area contributed by atoms with Gasteiger partial charge in [0.1, 0.15) is 11.3 Å². The van der Waals surface area contributed by atoms with Crippen molar-refractivity contribution in [2.45, 2.75) is 39.5 Å². The standard InChI is InChI=1S/C16H23NO4/c1-3-5-6-9-17-15(18)11-12-7-8-13(16(19)20)14(10-12)21-4-2/h7-8,10H,3-6,9,11H2,1-2H3,(H,17,18)(H,19,20). The molecule has 5 heteroatoms. The second-order valence-electron chi connectivity index (χ2n) is 4.80. The van der Waals surface area contributed by atoms with Gasteiger partial charge in [0.25, 0.3) is 0 Å². The number of ether oxygens (including phenoxy) is 1. The average Bonchev–Trinajstić information content (AvgIpc) is 2.44. The number of nitrogens with one attached hydrogen (secondary N) is 1. The van der Waals surface area contributed by atoms with E-state index in [2.05, 4.69) is 12.2 Å². The van der Waals surface area contributed by atoms with E-state index in [0.29, 0.717) is 18.9 Å². The Morgan fingerprint density at radius 1 is 1.24 bits per heavy atom. The summed E-state index contributed by atoms with van der Waals surface area (Å²) < 4.78 is 5.32. The first-order chi connectivity index (χ1) is 10.1. The van der Waals surface area contributed by atoms with Gasteiger partial charge in [-0.15, -0.1) is 0 Å². The van der Waals surface area contributed by atoms with Crippen LogP contribution in [-0.2, 0) is 11.2 Å². The molecule has 21 heavy (non-hydrogen) atoms. The number of amides is 1. The van der Waals surface area contributed by atoms with E-state index in [4.69, 9.17) is 9.84 Å². The third kappa shape index (κ3) is 5.85. The number of unbranched alkanes of at least 4 members (excludes halogenated alkanes) is 2. The van der Waals surface area contributed by atoms with Crippen LogP contribution in [0.15, 0.2) is 18.2 Å². The predicted molar refractivity (Wildman–Crippen MR) is 80.8 cm³/mol. The van der Waals surface area contributed by atoms with Gasteiger partial charge in [0, 0.05) is 6.54 Å². The Balaban J connectivity index is 2.64. The third-order valence-corrected chi connectivity index (χ3v) is 3.04. The van der Waals surface area contributed by atoms with Gasteiger partial charge in [-0.2, -0.15) is 0 Å². The van der Waals surface area contributed by atoms with Crippen molar-refractivity contribution in [1.29, 1.82) is 0 Å². The normalized spacial score (nSPS) is 10.2. The number of benzene rings is 1. The molecule has 0 spiro atoms. The van der Waals surface area contributed by atoms with E-state index >= 15 is 0 Å². The van der Waals surface area contributed by atoms with Crippen LogP contribution in [0.25, 0.3) is 0 Å². The topological polar surface area (TPSA) is 75.6 Å². The van der Waals surface area contributed by atoms with E-state index in [1.165, 1.54) is 6.07 Å². The van der Waals surface area contributed by atoms with Gasteiger partial charge in [-0.3, -0.25) is 4.79 Å². The zero-order valence-electron chi connectivity index (χ0n) is 12.6. The maximum absolute atomic E-state index is 11.8. The van der Waals surface area contributed by atoms with E-state index in [1.807, 2.05) is 0 Å². The lowest BCUT2D eigenvalue weighted by molar-refractivity contribution is -0.120. The summed E-state index contributed by atoms with van der Waals surface area (Å²) in [5.74, 6) is -0.785. The minimum absolute atomic E-state index is 0.0587. The maximum atomic E-state index is 11.8. The van der Waals surface area contributed by atoms with Crippen LogP contribution in [0.5, 0.6) is 5.75 Å². The van der Waals surface area contributed by atoms with E-state index < -0.39 is 5.97 Å². The molecule has 0 bridgehead atoms. The van der Waals surface area contributed by atoms with Crippen molar-refractivity contribution in [2.75, 3.05) is 13.2 Å². The molecular weight excluding hydrogens is 270 g/mol. The van der Waals surface area contributed by atoms with Gasteiger partial charge in [0.15, 0.2) is 0 Å². The third-order valence-electron chi connectivity index (χ3n) is 3.04. The molecule has 1 aromatic carbocycles. The van der Waals surface area contributed by atoms with E-state index in [1.54, 1.807) is 19.1 Å². The maximum Gasteiger partial charge on any atom is 0.339 e. The first-order valence-electron chi connectivity index (χ1n) is 7.34. The smallest absolute Gasteiger partial charge is 0.339 e. The SMILES string of the molecule is CCCCCNC(=O)Cc1ccc(C(=O)O)c(OCC)c1. The van der Waals surface area contributed by atoms with E-state index in [-0.39, 0.29) is 17.9 Å². The molecule has 0 unspecified atom stereocenters. The molecule has 0 radical (unpaired) electrons. The number of rotatable bonds is 9. The van der Waals surface area contributed by atoms with Crippen molar-refractivity contribution in [3.8, 4) is 5.75 Å². The molecule has 116 valence electrons. The number of hydrogen-bond acceptors (Lipinski definition) is 3. The molecule has 5 nitrogen and oxygen atoms in total. The number of carboxylic acids is 1. The van der Waals surface area contributed by atoms with Gasteiger partial charge >= 0.3 is 5.97 Å². The fourth-order valence-electron chi connectivity index (χ4n) is 1.98. The Morgan fingerprint density at radius 3 is 2.62 bits per heavy atom. The monoisotopic (exact) mass is 293 g/mol. The van der Waals surface area contributed by atoms with Gasteiger partial charge in [-0.1, -0.05) is 25.8 Å². The van der Waals surface area contributed by atoms with Crippen LogP contribution in [0.3, 0.4) is 0 Å². The van der Waals surface area contributed by atoms with Crippen molar-refractivity contribution in [3.05, 3.63) is 29.3 Å². The highest BCUT2D eigenvalue weighted by atomic mass is 16.5. The average molecular weight is 293 g/mol. The second-order valence-corrected chi connectivity index (χ2v) is 4.80. The fraction of sp³-hybridized carbons (Fsp3) is 0.500. The molecule has 0 aromatic heterocycles. The molecule has 0 aliphatic heterocycles. The van der Waals surface area contributed by atoms with E-state index in [0.717, 1.165) is 24.8 Å². The zero-order chi connectivity index (χ0) is 15.7. The van der Waals surface area contributed by atoms with Crippen molar-refractivity contribution in [2.24, 2.45) is 0 Å². The van der Waals surface area contributed by atoms with Crippen molar-refractivity contribution in [1.82, 2.24) is 5.32 Å². The molecule has 0 heterocycles. The molecule has 0 saturated heterocycles. The molecular formula is C16H23NO4. The van der Waals surface area contributed by atoms with Crippen LogP contribution < -0.4 is 10.1 Å². The molecule has 1 amide bonds. The van der Waals surface area contributed by atoms with Gasteiger partial charge in [-0.05, 0) is 31.0 Å². The molecule has 2 N–H and O–H groups in total.